The van der Waals surface area contributed by atoms with Crippen LogP contribution < -0.4 is 5.73 Å². The Hall–Kier alpha value is -1.01. The molecule has 1 aromatic carbocycles. The molecule has 16 heavy (non-hydrogen) atoms. The molecule has 1 aromatic rings. The Balaban J connectivity index is 3.51. The zero-order valence-corrected chi connectivity index (χ0v) is 9.81. The molecule has 0 saturated heterocycles. The largest absolute Gasteiger partial charge is 0.330 e. The normalized spacial score (nSPS) is 13.8. The predicted octanol–water partition coefficient (Wildman–Crippen LogP) is 1.43. The Morgan fingerprint density at radius 2 is 1.94 bits per heavy atom. The summed E-state index contributed by atoms with van der Waals surface area (Å²) in [6, 6.07) is 1.87. The van der Waals surface area contributed by atoms with Crippen molar-refractivity contribution in [2.24, 2.45) is 5.73 Å². The molecular formula is C10H13F2NO2S. The standard InChI is InChI=1S/C10H13F2NO2S/c1-6(5-13)9-7(11)3-4-8(10(9)12)16(2,14)15/h3-4,6H,5,13H2,1-2H3. The molecule has 0 fully saturated rings. The highest BCUT2D eigenvalue weighted by Crippen LogP contribution is 2.26. The van der Waals surface area contributed by atoms with Crippen LogP contribution in [0.4, 0.5) is 8.78 Å². The van der Waals surface area contributed by atoms with Crippen LogP contribution in [0.15, 0.2) is 17.0 Å². The van der Waals surface area contributed by atoms with Gasteiger partial charge < -0.3 is 5.73 Å². The van der Waals surface area contributed by atoms with E-state index >= 15 is 0 Å². The van der Waals surface area contributed by atoms with E-state index in [0.717, 1.165) is 18.4 Å². The average Bonchev–Trinajstić information content (AvgIpc) is 2.15. The van der Waals surface area contributed by atoms with Crippen LogP contribution in [0.5, 0.6) is 0 Å². The van der Waals surface area contributed by atoms with Gasteiger partial charge in [0.1, 0.15) is 16.5 Å². The van der Waals surface area contributed by atoms with Crippen LogP contribution in [-0.4, -0.2) is 21.2 Å². The fourth-order valence-corrected chi connectivity index (χ4v) is 2.16. The molecule has 3 nitrogen and oxygen atoms in total. The van der Waals surface area contributed by atoms with Gasteiger partial charge in [-0.2, -0.15) is 0 Å². The number of sulfone groups is 1. The highest BCUT2D eigenvalue weighted by molar-refractivity contribution is 7.90. The van der Waals surface area contributed by atoms with E-state index in [4.69, 9.17) is 5.73 Å². The number of halogens is 2. The van der Waals surface area contributed by atoms with Gasteiger partial charge in [0.15, 0.2) is 9.84 Å². The van der Waals surface area contributed by atoms with Crippen molar-refractivity contribution < 1.29 is 17.2 Å². The summed E-state index contributed by atoms with van der Waals surface area (Å²) in [6.07, 6.45) is 0.875. The van der Waals surface area contributed by atoms with Crippen molar-refractivity contribution in [3.8, 4) is 0 Å². The molecule has 0 spiro atoms. The van der Waals surface area contributed by atoms with Gasteiger partial charge in [-0.25, -0.2) is 17.2 Å². The molecule has 0 heterocycles. The minimum absolute atomic E-state index is 0.0427. The molecule has 0 bridgehead atoms. The van der Waals surface area contributed by atoms with Crippen molar-refractivity contribution in [2.75, 3.05) is 12.8 Å². The van der Waals surface area contributed by atoms with E-state index in [2.05, 4.69) is 0 Å². The summed E-state index contributed by atoms with van der Waals surface area (Å²) in [5.74, 6) is -2.38. The van der Waals surface area contributed by atoms with Crippen LogP contribution in [0, 0.1) is 11.6 Å². The van der Waals surface area contributed by atoms with E-state index in [0.29, 0.717) is 0 Å². The molecule has 0 aromatic heterocycles. The SMILES string of the molecule is CC(CN)c1c(F)ccc(S(C)(=O)=O)c1F. The van der Waals surface area contributed by atoms with E-state index < -0.39 is 32.3 Å². The first-order valence-electron chi connectivity index (χ1n) is 4.67. The van der Waals surface area contributed by atoms with Gasteiger partial charge in [-0.3, -0.25) is 0 Å². The van der Waals surface area contributed by atoms with E-state index in [1.54, 1.807) is 0 Å². The first-order chi connectivity index (χ1) is 7.29. The lowest BCUT2D eigenvalue weighted by atomic mass is 10.0. The maximum atomic E-state index is 13.8. The smallest absolute Gasteiger partial charge is 0.178 e. The Kier molecular flexibility index (Phi) is 3.64. The molecule has 0 aliphatic carbocycles. The number of hydrogen-bond donors (Lipinski definition) is 1. The lowest BCUT2D eigenvalue weighted by Crippen LogP contribution is -2.14. The average molecular weight is 249 g/mol. The predicted molar refractivity (Wildman–Crippen MR) is 56.9 cm³/mol. The molecule has 0 aliphatic heterocycles. The van der Waals surface area contributed by atoms with E-state index in [-0.39, 0.29) is 12.1 Å². The van der Waals surface area contributed by atoms with Crippen LogP contribution >= 0.6 is 0 Å². The fourth-order valence-electron chi connectivity index (χ4n) is 1.41. The minimum Gasteiger partial charge on any atom is -0.330 e. The summed E-state index contributed by atoms with van der Waals surface area (Å²) in [4.78, 5) is -0.496. The lowest BCUT2D eigenvalue weighted by Gasteiger charge is -2.13. The van der Waals surface area contributed by atoms with E-state index in [1.807, 2.05) is 0 Å². The molecule has 1 rings (SSSR count). The van der Waals surface area contributed by atoms with Crippen LogP contribution in [0.2, 0.25) is 0 Å². The Labute approximate surface area is 93.2 Å². The van der Waals surface area contributed by atoms with Crippen LogP contribution in [0.1, 0.15) is 18.4 Å². The summed E-state index contributed by atoms with van der Waals surface area (Å²) in [5, 5.41) is 0. The van der Waals surface area contributed by atoms with Crippen molar-refractivity contribution >= 4 is 9.84 Å². The summed E-state index contributed by atoms with van der Waals surface area (Å²) >= 11 is 0. The van der Waals surface area contributed by atoms with Crippen LogP contribution in [0.3, 0.4) is 0 Å². The van der Waals surface area contributed by atoms with Gasteiger partial charge in [-0.15, -0.1) is 0 Å². The highest BCUT2D eigenvalue weighted by atomic mass is 32.2. The van der Waals surface area contributed by atoms with Gasteiger partial charge in [0.25, 0.3) is 0 Å². The Morgan fingerprint density at radius 1 is 1.38 bits per heavy atom. The van der Waals surface area contributed by atoms with Gasteiger partial charge in [0.05, 0.1) is 0 Å². The second-order valence-corrected chi connectivity index (χ2v) is 5.67. The minimum atomic E-state index is -3.70. The molecule has 0 saturated carbocycles. The van der Waals surface area contributed by atoms with Crippen molar-refractivity contribution in [1.82, 2.24) is 0 Å². The highest BCUT2D eigenvalue weighted by Gasteiger charge is 2.22. The maximum Gasteiger partial charge on any atom is 0.178 e. The molecule has 1 atom stereocenters. The van der Waals surface area contributed by atoms with E-state index in [1.165, 1.54) is 6.92 Å². The third kappa shape index (κ3) is 2.38. The molecule has 6 heteroatoms. The molecule has 0 aliphatic rings. The first kappa shape index (κ1) is 13.1. The lowest BCUT2D eigenvalue weighted by molar-refractivity contribution is 0.512. The van der Waals surface area contributed by atoms with Gasteiger partial charge in [-0.05, 0) is 24.6 Å². The maximum absolute atomic E-state index is 13.8. The molecule has 90 valence electrons. The molecule has 1 unspecified atom stereocenters. The molecule has 2 N–H and O–H groups in total. The monoisotopic (exact) mass is 249 g/mol. The zero-order chi connectivity index (χ0) is 12.5. The van der Waals surface area contributed by atoms with Gasteiger partial charge in [0, 0.05) is 11.8 Å². The van der Waals surface area contributed by atoms with Crippen molar-refractivity contribution in [2.45, 2.75) is 17.7 Å². The summed E-state index contributed by atoms with van der Waals surface area (Å²) in [7, 11) is -3.70. The second-order valence-electron chi connectivity index (χ2n) is 3.68. The van der Waals surface area contributed by atoms with Crippen molar-refractivity contribution in [3.63, 3.8) is 0 Å². The number of benzene rings is 1. The van der Waals surface area contributed by atoms with Crippen molar-refractivity contribution in [1.29, 1.82) is 0 Å². The zero-order valence-electron chi connectivity index (χ0n) is 9.00. The first-order valence-corrected chi connectivity index (χ1v) is 6.56. The second kappa shape index (κ2) is 4.47. The summed E-state index contributed by atoms with van der Waals surface area (Å²) in [6.45, 7) is 1.58. The van der Waals surface area contributed by atoms with Crippen LogP contribution in [-0.2, 0) is 9.84 Å². The van der Waals surface area contributed by atoms with E-state index in [9.17, 15) is 17.2 Å². The third-order valence-electron chi connectivity index (χ3n) is 2.34. The number of nitrogens with two attached hydrogens (primary N) is 1. The van der Waals surface area contributed by atoms with Gasteiger partial charge >= 0.3 is 0 Å². The quantitative estimate of drug-likeness (QED) is 0.824. The molecule has 0 amide bonds. The number of hydrogen-bond acceptors (Lipinski definition) is 3. The Bertz CT molecular complexity index is 500. The van der Waals surface area contributed by atoms with Gasteiger partial charge in [-0.1, -0.05) is 6.92 Å². The fraction of sp³-hybridized carbons (Fsp3) is 0.400. The molecule has 0 radical (unpaired) electrons. The van der Waals surface area contributed by atoms with Crippen molar-refractivity contribution in [3.05, 3.63) is 29.3 Å². The van der Waals surface area contributed by atoms with Gasteiger partial charge in [0.2, 0.25) is 0 Å². The Morgan fingerprint density at radius 3 is 2.38 bits per heavy atom. The van der Waals surface area contributed by atoms with Crippen LogP contribution in [0.25, 0.3) is 0 Å². The number of rotatable bonds is 3. The molecular weight excluding hydrogens is 236 g/mol. The third-order valence-corrected chi connectivity index (χ3v) is 3.45. The summed E-state index contributed by atoms with van der Waals surface area (Å²) < 4.78 is 49.6. The topological polar surface area (TPSA) is 60.2 Å². The summed E-state index contributed by atoms with van der Waals surface area (Å²) in [5.41, 5.74) is 5.05.